The fourth-order valence-electron chi connectivity index (χ4n) is 1.84. The second-order valence-electron chi connectivity index (χ2n) is 3.54. The maximum absolute atomic E-state index is 5.76. The summed E-state index contributed by atoms with van der Waals surface area (Å²) in [5.74, 6) is 0.867. The Morgan fingerprint density at radius 2 is 2.31 bits per heavy atom. The normalized spacial score (nSPS) is 13.6. The average molecular weight is 297 g/mol. The smallest absolute Gasteiger partial charge is 0.180 e. The van der Waals surface area contributed by atoms with Gasteiger partial charge in [-0.1, -0.05) is 6.07 Å². The Morgan fingerprint density at radius 3 is 3.19 bits per heavy atom. The number of nitrogen functional groups attached to an aromatic ring is 1. The second-order valence-corrected chi connectivity index (χ2v) is 5.51. The van der Waals surface area contributed by atoms with Crippen LogP contribution in [0.5, 0.6) is 5.75 Å². The van der Waals surface area contributed by atoms with Crippen molar-refractivity contribution >= 4 is 32.4 Å². The Morgan fingerprint density at radius 1 is 1.44 bits per heavy atom. The Kier molecular flexibility index (Phi) is 2.37. The van der Waals surface area contributed by atoms with E-state index < -0.39 is 0 Å². The number of hydrogen-bond acceptors (Lipinski definition) is 4. The quantitative estimate of drug-likeness (QED) is 0.813. The highest BCUT2D eigenvalue weighted by Crippen LogP contribution is 2.41. The number of ether oxygens (including phenoxy) is 1. The molecule has 0 radical (unpaired) electrons. The molecule has 16 heavy (non-hydrogen) atoms. The number of nitrogens with two attached hydrogens (primary N) is 1. The van der Waals surface area contributed by atoms with E-state index in [0.717, 1.165) is 27.9 Å². The minimum Gasteiger partial charge on any atom is -0.491 e. The predicted octanol–water partition coefficient (Wildman–Crippen LogP) is 3.09. The fraction of sp³-hybridized carbons (Fsp3) is 0.182. The van der Waals surface area contributed by atoms with E-state index in [1.54, 1.807) is 11.3 Å². The third-order valence-electron chi connectivity index (χ3n) is 2.51. The van der Waals surface area contributed by atoms with E-state index in [0.29, 0.717) is 11.7 Å². The van der Waals surface area contributed by atoms with Crippen molar-refractivity contribution in [2.24, 2.45) is 0 Å². The topological polar surface area (TPSA) is 48.1 Å². The van der Waals surface area contributed by atoms with Crippen molar-refractivity contribution in [2.45, 2.75) is 6.42 Å². The fourth-order valence-corrected chi connectivity index (χ4v) is 3.15. The number of hydrogen-bond donors (Lipinski definition) is 1. The summed E-state index contributed by atoms with van der Waals surface area (Å²) in [6, 6.07) is 5.97. The van der Waals surface area contributed by atoms with Gasteiger partial charge in [0.1, 0.15) is 5.75 Å². The molecular weight excluding hydrogens is 288 g/mol. The van der Waals surface area contributed by atoms with Gasteiger partial charge in [-0.15, -0.1) is 11.3 Å². The maximum Gasteiger partial charge on any atom is 0.180 e. The van der Waals surface area contributed by atoms with Crippen LogP contribution in [-0.4, -0.2) is 11.6 Å². The van der Waals surface area contributed by atoms with Crippen molar-refractivity contribution in [1.29, 1.82) is 0 Å². The first-order valence-electron chi connectivity index (χ1n) is 4.92. The monoisotopic (exact) mass is 296 g/mol. The molecule has 0 fully saturated rings. The number of rotatable bonds is 0. The molecule has 0 spiro atoms. The van der Waals surface area contributed by atoms with Crippen LogP contribution in [-0.2, 0) is 6.42 Å². The van der Waals surface area contributed by atoms with Crippen LogP contribution in [0.2, 0.25) is 0 Å². The molecule has 0 bridgehead atoms. The number of anilines is 1. The van der Waals surface area contributed by atoms with Crippen molar-refractivity contribution in [3.05, 3.63) is 27.5 Å². The number of halogens is 1. The molecule has 1 aromatic carbocycles. The third-order valence-corrected chi connectivity index (χ3v) is 4.08. The second kappa shape index (κ2) is 3.75. The molecule has 0 unspecified atom stereocenters. The highest BCUT2D eigenvalue weighted by molar-refractivity contribution is 9.10. The first-order valence-corrected chi connectivity index (χ1v) is 6.53. The van der Waals surface area contributed by atoms with Crippen LogP contribution in [0, 0.1) is 0 Å². The molecule has 0 saturated heterocycles. The Bertz CT molecular complexity index is 553. The lowest BCUT2D eigenvalue weighted by molar-refractivity contribution is 0.325. The lowest BCUT2D eigenvalue weighted by atomic mass is 10.1. The summed E-state index contributed by atoms with van der Waals surface area (Å²) >= 11 is 5.04. The van der Waals surface area contributed by atoms with Gasteiger partial charge in [-0.3, -0.25) is 0 Å². The maximum atomic E-state index is 5.76. The molecule has 3 nitrogen and oxygen atoms in total. The number of thiazole rings is 1. The van der Waals surface area contributed by atoms with Gasteiger partial charge in [-0.05, 0) is 28.1 Å². The van der Waals surface area contributed by atoms with Crippen molar-refractivity contribution in [1.82, 2.24) is 4.98 Å². The molecular formula is C11H9BrN2OS. The molecule has 1 aliphatic rings. The Balaban J connectivity index is 2.29. The molecule has 0 saturated carbocycles. The summed E-state index contributed by atoms with van der Waals surface area (Å²) in [4.78, 5) is 5.59. The van der Waals surface area contributed by atoms with E-state index >= 15 is 0 Å². The molecule has 2 N–H and O–H groups in total. The van der Waals surface area contributed by atoms with Gasteiger partial charge in [0, 0.05) is 16.9 Å². The van der Waals surface area contributed by atoms with Crippen LogP contribution in [0.25, 0.3) is 11.3 Å². The van der Waals surface area contributed by atoms with Gasteiger partial charge in [-0.25, -0.2) is 4.98 Å². The summed E-state index contributed by atoms with van der Waals surface area (Å²) in [5, 5.41) is 0.623. The molecule has 2 heterocycles. The van der Waals surface area contributed by atoms with Crippen LogP contribution in [0.3, 0.4) is 0 Å². The summed E-state index contributed by atoms with van der Waals surface area (Å²) in [6.07, 6.45) is 0.866. The van der Waals surface area contributed by atoms with Crippen LogP contribution >= 0.6 is 27.3 Å². The summed E-state index contributed by atoms with van der Waals surface area (Å²) in [5.41, 5.74) is 7.75. The number of aromatic nitrogens is 1. The highest BCUT2D eigenvalue weighted by atomic mass is 79.9. The van der Waals surface area contributed by atoms with Gasteiger partial charge in [0.15, 0.2) is 5.13 Å². The summed E-state index contributed by atoms with van der Waals surface area (Å²) in [7, 11) is 0. The number of nitrogens with zero attached hydrogens (tertiary/aromatic N) is 1. The lowest BCUT2D eigenvalue weighted by Gasteiger charge is -2.08. The highest BCUT2D eigenvalue weighted by Gasteiger charge is 2.20. The van der Waals surface area contributed by atoms with Gasteiger partial charge in [0.05, 0.1) is 16.8 Å². The summed E-state index contributed by atoms with van der Waals surface area (Å²) < 4.78 is 6.70. The lowest BCUT2D eigenvalue weighted by Crippen LogP contribution is -1.98. The molecule has 1 aliphatic heterocycles. The molecule has 0 atom stereocenters. The van der Waals surface area contributed by atoms with E-state index in [1.165, 1.54) is 4.88 Å². The molecule has 0 amide bonds. The number of benzene rings is 1. The zero-order chi connectivity index (χ0) is 11.1. The third kappa shape index (κ3) is 1.51. The molecule has 1 aromatic heterocycles. The average Bonchev–Trinajstić information content (AvgIpc) is 2.53. The van der Waals surface area contributed by atoms with Crippen LogP contribution in [0.1, 0.15) is 4.88 Å². The molecule has 0 aliphatic carbocycles. The van der Waals surface area contributed by atoms with Gasteiger partial charge >= 0.3 is 0 Å². The van der Waals surface area contributed by atoms with Crippen molar-refractivity contribution in [3.63, 3.8) is 0 Å². The number of para-hydroxylation sites is 1. The minimum absolute atomic E-state index is 0.623. The van der Waals surface area contributed by atoms with E-state index in [1.807, 2.05) is 18.2 Å². The SMILES string of the molecule is Nc1nc2c(s1)CCOc1c(Br)cccc1-2. The molecule has 82 valence electrons. The van der Waals surface area contributed by atoms with Crippen LogP contribution in [0.4, 0.5) is 5.13 Å². The van der Waals surface area contributed by atoms with E-state index in [4.69, 9.17) is 10.5 Å². The van der Waals surface area contributed by atoms with Gasteiger partial charge in [-0.2, -0.15) is 0 Å². The van der Waals surface area contributed by atoms with E-state index in [2.05, 4.69) is 20.9 Å². The number of fused-ring (bicyclic) bond motifs is 3. The van der Waals surface area contributed by atoms with Crippen molar-refractivity contribution < 1.29 is 4.74 Å². The molecule has 2 aromatic rings. The standard InChI is InChI=1S/C11H9BrN2OS/c12-7-3-1-2-6-9-8(16-11(13)14-9)4-5-15-10(6)7/h1-3H,4-5H2,(H2,13,14). The first-order chi connectivity index (χ1) is 7.75. The van der Waals surface area contributed by atoms with E-state index in [-0.39, 0.29) is 0 Å². The van der Waals surface area contributed by atoms with Crippen molar-refractivity contribution in [3.8, 4) is 17.0 Å². The van der Waals surface area contributed by atoms with Crippen LogP contribution < -0.4 is 10.5 Å². The molecule has 3 rings (SSSR count). The first kappa shape index (κ1) is 10.1. The van der Waals surface area contributed by atoms with Gasteiger partial charge in [0.25, 0.3) is 0 Å². The Hall–Kier alpha value is -1.07. The van der Waals surface area contributed by atoms with Crippen LogP contribution in [0.15, 0.2) is 22.7 Å². The van der Waals surface area contributed by atoms with Gasteiger partial charge < -0.3 is 10.5 Å². The summed E-state index contributed by atoms with van der Waals surface area (Å²) in [6.45, 7) is 0.671. The van der Waals surface area contributed by atoms with Crippen molar-refractivity contribution in [2.75, 3.05) is 12.3 Å². The Labute approximate surface area is 105 Å². The largest absolute Gasteiger partial charge is 0.491 e. The van der Waals surface area contributed by atoms with E-state index in [9.17, 15) is 0 Å². The zero-order valence-electron chi connectivity index (χ0n) is 8.37. The molecule has 5 heteroatoms. The minimum atomic E-state index is 0.623. The van der Waals surface area contributed by atoms with Gasteiger partial charge in [0.2, 0.25) is 0 Å². The zero-order valence-corrected chi connectivity index (χ0v) is 10.8. The predicted molar refractivity (Wildman–Crippen MR) is 68.9 cm³/mol.